The summed E-state index contributed by atoms with van der Waals surface area (Å²) in [6.45, 7) is 8.14. The van der Waals surface area contributed by atoms with Gasteiger partial charge in [-0.25, -0.2) is 0 Å². The molecule has 112 valence electrons. The van der Waals surface area contributed by atoms with Crippen LogP contribution in [0, 0.1) is 11.8 Å². The SMILES string of the molecule is CCC(CN)CC(=O)N(CCC(C)C)C1CCCC1. The lowest BCUT2D eigenvalue weighted by Crippen LogP contribution is -2.41. The van der Waals surface area contributed by atoms with Crippen molar-refractivity contribution in [1.29, 1.82) is 0 Å². The molecule has 3 nitrogen and oxygen atoms in total. The Balaban J connectivity index is 2.57. The minimum atomic E-state index is 0.338. The topological polar surface area (TPSA) is 46.3 Å². The first-order valence-corrected chi connectivity index (χ1v) is 8.08. The highest BCUT2D eigenvalue weighted by molar-refractivity contribution is 5.76. The third kappa shape index (κ3) is 5.52. The van der Waals surface area contributed by atoms with Crippen LogP contribution in [0.1, 0.15) is 65.7 Å². The fraction of sp³-hybridized carbons (Fsp3) is 0.938. The Morgan fingerprint density at radius 3 is 2.42 bits per heavy atom. The molecule has 1 aliphatic rings. The molecule has 0 spiro atoms. The van der Waals surface area contributed by atoms with Crippen molar-refractivity contribution in [2.75, 3.05) is 13.1 Å². The number of carbonyl (C=O) groups excluding carboxylic acids is 1. The van der Waals surface area contributed by atoms with Gasteiger partial charge < -0.3 is 10.6 Å². The molecule has 1 atom stereocenters. The molecule has 1 saturated carbocycles. The Kier molecular flexibility index (Phi) is 7.44. The quantitative estimate of drug-likeness (QED) is 0.735. The highest BCUT2D eigenvalue weighted by Crippen LogP contribution is 2.25. The Labute approximate surface area is 118 Å². The third-order valence-corrected chi connectivity index (χ3v) is 4.41. The molecule has 1 unspecified atom stereocenters. The van der Waals surface area contributed by atoms with E-state index < -0.39 is 0 Å². The molecule has 1 amide bonds. The van der Waals surface area contributed by atoms with Crippen LogP contribution in [0.25, 0.3) is 0 Å². The first-order valence-electron chi connectivity index (χ1n) is 8.08. The third-order valence-electron chi connectivity index (χ3n) is 4.41. The standard InChI is InChI=1S/C16H32N2O/c1-4-14(12-17)11-16(19)18(10-9-13(2)3)15-7-5-6-8-15/h13-15H,4-12,17H2,1-3H3. The largest absolute Gasteiger partial charge is 0.340 e. The Bertz CT molecular complexity index is 255. The number of amides is 1. The molecule has 2 N–H and O–H groups in total. The second-order valence-corrected chi connectivity index (χ2v) is 6.42. The van der Waals surface area contributed by atoms with Crippen molar-refractivity contribution < 1.29 is 4.79 Å². The average molecular weight is 268 g/mol. The predicted molar refractivity (Wildman–Crippen MR) is 80.9 cm³/mol. The van der Waals surface area contributed by atoms with Crippen molar-refractivity contribution in [2.24, 2.45) is 17.6 Å². The lowest BCUT2D eigenvalue weighted by Gasteiger charge is -2.31. The maximum atomic E-state index is 12.5. The highest BCUT2D eigenvalue weighted by Gasteiger charge is 2.27. The van der Waals surface area contributed by atoms with Crippen LogP contribution in [-0.2, 0) is 4.79 Å². The van der Waals surface area contributed by atoms with Crippen LogP contribution in [-0.4, -0.2) is 29.9 Å². The molecule has 0 aliphatic heterocycles. The van der Waals surface area contributed by atoms with E-state index in [4.69, 9.17) is 5.73 Å². The second kappa shape index (κ2) is 8.57. The Morgan fingerprint density at radius 1 is 1.32 bits per heavy atom. The number of hydrogen-bond donors (Lipinski definition) is 1. The second-order valence-electron chi connectivity index (χ2n) is 6.42. The Morgan fingerprint density at radius 2 is 1.95 bits per heavy atom. The maximum Gasteiger partial charge on any atom is 0.223 e. The van der Waals surface area contributed by atoms with Gasteiger partial charge in [0.15, 0.2) is 0 Å². The van der Waals surface area contributed by atoms with E-state index in [0.29, 0.717) is 36.8 Å². The molecule has 0 bridgehead atoms. The van der Waals surface area contributed by atoms with E-state index in [9.17, 15) is 4.79 Å². The van der Waals surface area contributed by atoms with Gasteiger partial charge in [-0.15, -0.1) is 0 Å². The van der Waals surface area contributed by atoms with Gasteiger partial charge in [-0.05, 0) is 37.6 Å². The molecule has 0 radical (unpaired) electrons. The number of nitrogens with zero attached hydrogens (tertiary/aromatic N) is 1. The molecule has 0 aromatic heterocycles. The fourth-order valence-corrected chi connectivity index (χ4v) is 2.88. The Hall–Kier alpha value is -0.570. The first kappa shape index (κ1) is 16.5. The van der Waals surface area contributed by atoms with Crippen LogP contribution < -0.4 is 5.73 Å². The summed E-state index contributed by atoms with van der Waals surface area (Å²) in [5, 5.41) is 0. The first-order chi connectivity index (χ1) is 9.08. The summed E-state index contributed by atoms with van der Waals surface area (Å²) in [6, 6.07) is 0.501. The summed E-state index contributed by atoms with van der Waals surface area (Å²) >= 11 is 0. The van der Waals surface area contributed by atoms with Gasteiger partial charge in [0.2, 0.25) is 5.91 Å². The normalized spacial score (nSPS) is 17.9. The van der Waals surface area contributed by atoms with E-state index in [1.165, 1.54) is 25.7 Å². The molecule has 3 heteroatoms. The minimum absolute atomic E-state index is 0.338. The fourth-order valence-electron chi connectivity index (χ4n) is 2.88. The molecule has 1 aliphatic carbocycles. The van der Waals surface area contributed by atoms with E-state index in [2.05, 4.69) is 25.7 Å². The van der Waals surface area contributed by atoms with E-state index in [0.717, 1.165) is 19.4 Å². The van der Waals surface area contributed by atoms with Gasteiger partial charge in [0.25, 0.3) is 0 Å². The van der Waals surface area contributed by atoms with Gasteiger partial charge in [-0.1, -0.05) is 40.0 Å². The van der Waals surface area contributed by atoms with Crippen molar-refractivity contribution in [2.45, 2.75) is 71.8 Å². The van der Waals surface area contributed by atoms with Gasteiger partial charge in [0, 0.05) is 19.0 Å². The number of hydrogen-bond acceptors (Lipinski definition) is 2. The number of nitrogens with two attached hydrogens (primary N) is 1. The zero-order valence-electron chi connectivity index (χ0n) is 13.0. The zero-order valence-corrected chi connectivity index (χ0v) is 13.0. The lowest BCUT2D eigenvalue weighted by atomic mass is 10.0. The van der Waals surface area contributed by atoms with Gasteiger partial charge in [0.05, 0.1) is 0 Å². The van der Waals surface area contributed by atoms with Crippen LogP contribution in [0.3, 0.4) is 0 Å². The summed E-state index contributed by atoms with van der Waals surface area (Å²) in [5.74, 6) is 1.36. The van der Waals surface area contributed by atoms with Crippen LogP contribution in [0.4, 0.5) is 0 Å². The van der Waals surface area contributed by atoms with Crippen molar-refractivity contribution in [3.05, 3.63) is 0 Å². The van der Waals surface area contributed by atoms with Crippen LogP contribution in [0.2, 0.25) is 0 Å². The zero-order chi connectivity index (χ0) is 14.3. The average Bonchev–Trinajstić information content (AvgIpc) is 2.89. The van der Waals surface area contributed by atoms with Crippen molar-refractivity contribution in [1.82, 2.24) is 4.90 Å². The van der Waals surface area contributed by atoms with Crippen molar-refractivity contribution in [3.63, 3.8) is 0 Å². The van der Waals surface area contributed by atoms with Gasteiger partial charge in [0.1, 0.15) is 0 Å². The lowest BCUT2D eigenvalue weighted by molar-refractivity contribution is -0.134. The maximum absolute atomic E-state index is 12.5. The molecule has 0 heterocycles. The molecule has 0 aromatic rings. The minimum Gasteiger partial charge on any atom is -0.340 e. The van der Waals surface area contributed by atoms with Crippen LogP contribution in [0.5, 0.6) is 0 Å². The monoisotopic (exact) mass is 268 g/mol. The highest BCUT2D eigenvalue weighted by atomic mass is 16.2. The van der Waals surface area contributed by atoms with Crippen LogP contribution in [0.15, 0.2) is 0 Å². The molecular weight excluding hydrogens is 236 g/mol. The molecule has 0 saturated heterocycles. The molecular formula is C16H32N2O. The van der Waals surface area contributed by atoms with E-state index in [1.807, 2.05) is 0 Å². The van der Waals surface area contributed by atoms with E-state index in [1.54, 1.807) is 0 Å². The molecule has 1 rings (SSSR count). The van der Waals surface area contributed by atoms with Gasteiger partial charge >= 0.3 is 0 Å². The summed E-state index contributed by atoms with van der Waals surface area (Å²) in [5.41, 5.74) is 5.74. The molecule has 1 fully saturated rings. The van der Waals surface area contributed by atoms with E-state index >= 15 is 0 Å². The number of rotatable bonds is 8. The summed E-state index contributed by atoms with van der Waals surface area (Å²) < 4.78 is 0. The summed E-state index contributed by atoms with van der Waals surface area (Å²) in [4.78, 5) is 14.7. The van der Waals surface area contributed by atoms with Gasteiger partial charge in [-0.2, -0.15) is 0 Å². The smallest absolute Gasteiger partial charge is 0.223 e. The summed E-state index contributed by atoms with van der Waals surface area (Å²) in [6.07, 6.45) is 7.72. The van der Waals surface area contributed by atoms with E-state index in [-0.39, 0.29) is 0 Å². The van der Waals surface area contributed by atoms with Crippen LogP contribution >= 0.6 is 0 Å². The molecule has 19 heavy (non-hydrogen) atoms. The van der Waals surface area contributed by atoms with Crippen molar-refractivity contribution >= 4 is 5.91 Å². The molecule has 0 aromatic carbocycles. The number of carbonyl (C=O) groups is 1. The van der Waals surface area contributed by atoms with Crippen molar-refractivity contribution in [3.8, 4) is 0 Å². The predicted octanol–water partition coefficient (Wildman–Crippen LogP) is 3.18. The summed E-state index contributed by atoms with van der Waals surface area (Å²) in [7, 11) is 0. The van der Waals surface area contributed by atoms with Gasteiger partial charge in [-0.3, -0.25) is 4.79 Å².